The number of methoxy groups -OCH3 is 1. The number of carbonyl (C=O) groups excluding carboxylic acids is 1. The third-order valence-electron chi connectivity index (χ3n) is 3.06. The van der Waals surface area contributed by atoms with Crippen LogP contribution in [-0.2, 0) is 4.74 Å². The van der Waals surface area contributed by atoms with Crippen LogP contribution in [0.4, 0.5) is 0 Å². The summed E-state index contributed by atoms with van der Waals surface area (Å²) in [6.45, 7) is 0. The Bertz CT molecular complexity index is 860. The van der Waals surface area contributed by atoms with Crippen molar-refractivity contribution in [3.05, 3.63) is 46.4 Å². The van der Waals surface area contributed by atoms with Crippen LogP contribution >= 0.6 is 0 Å². The maximum absolute atomic E-state index is 11.9. The highest BCUT2D eigenvalue weighted by Gasteiger charge is 2.20. The highest BCUT2D eigenvalue weighted by atomic mass is 16.5. The number of pyridine rings is 1. The molecule has 0 saturated carbocycles. The summed E-state index contributed by atoms with van der Waals surface area (Å²) in [5.41, 5.74) is 0.112. The highest BCUT2D eigenvalue weighted by molar-refractivity contribution is 6.13. The summed E-state index contributed by atoms with van der Waals surface area (Å²) in [6.07, 6.45) is 1.28. The van der Waals surface area contributed by atoms with Gasteiger partial charge in [-0.25, -0.2) is 4.79 Å². The SMILES string of the molecule is COC(=O)c1c(=O)n(O)cc2c1[nH]c1ccccc12. The van der Waals surface area contributed by atoms with E-state index in [2.05, 4.69) is 9.72 Å². The Morgan fingerprint density at radius 1 is 1.32 bits per heavy atom. The van der Waals surface area contributed by atoms with Gasteiger partial charge in [0.1, 0.15) is 0 Å². The topological polar surface area (TPSA) is 84.3 Å². The molecule has 0 saturated heterocycles. The molecule has 2 heterocycles. The van der Waals surface area contributed by atoms with Gasteiger partial charge >= 0.3 is 5.97 Å². The third-order valence-corrected chi connectivity index (χ3v) is 3.06. The van der Waals surface area contributed by atoms with Crippen LogP contribution in [0.15, 0.2) is 35.3 Å². The number of hydrogen-bond acceptors (Lipinski definition) is 4. The van der Waals surface area contributed by atoms with Gasteiger partial charge in [0.2, 0.25) is 0 Å². The number of benzene rings is 1. The number of nitrogens with zero attached hydrogens (tertiary/aromatic N) is 1. The van der Waals surface area contributed by atoms with Crippen LogP contribution in [-0.4, -0.2) is 28.0 Å². The summed E-state index contributed by atoms with van der Waals surface area (Å²) in [6, 6.07) is 7.32. The highest BCUT2D eigenvalue weighted by Crippen LogP contribution is 2.25. The van der Waals surface area contributed by atoms with Gasteiger partial charge in [-0.1, -0.05) is 18.2 Å². The molecule has 3 rings (SSSR count). The lowest BCUT2D eigenvalue weighted by atomic mass is 10.1. The molecular weight excluding hydrogens is 248 g/mol. The summed E-state index contributed by atoms with van der Waals surface area (Å²) in [5, 5.41) is 11.0. The summed E-state index contributed by atoms with van der Waals surface area (Å²) in [7, 11) is 1.19. The van der Waals surface area contributed by atoms with Gasteiger partial charge in [-0.15, -0.1) is 0 Å². The number of esters is 1. The number of fused-ring (bicyclic) bond motifs is 3. The van der Waals surface area contributed by atoms with Gasteiger partial charge in [0.25, 0.3) is 5.56 Å². The van der Waals surface area contributed by atoms with E-state index in [9.17, 15) is 14.8 Å². The third kappa shape index (κ3) is 1.50. The lowest BCUT2D eigenvalue weighted by Gasteiger charge is -2.02. The molecule has 0 aliphatic carbocycles. The number of nitrogens with one attached hydrogen (secondary N) is 1. The minimum Gasteiger partial charge on any atom is -0.465 e. The fourth-order valence-electron chi connectivity index (χ4n) is 2.19. The van der Waals surface area contributed by atoms with Crippen LogP contribution in [0, 0.1) is 0 Å². The molecule has 96 valence electrons. The number of para-hydroxylation sites is 1. The van der Waals surface area contributed by atoms with Gasteiger partial charge in [-0.3, -0.25) is 4.79 Å². The molecule has 6 heteroatoms. The predicted molar refractivity (Wildman–Crippen MR) is 68.6 cm³/mol. The van der Waals surface area contributed by atoms with Gasteiger partial charge in [-0.05, 0) is 6.07 Å². The van der Waals surface area contributed by atoms with Crippen molar-refractivity contribution >= 4 is 27.8 Å². The molecule has 0 spiro atoms. The van der Waals surface area contributed by atoms with Crippen molar-refractivity contribution in [2.24, 2.45) is 0 Å². The average molecular weight is 258 g/mol. The van der Waals surface area contributed by atoms with Crippen LogP contribution in [0.3, 0.4) is 0 Å². The molecule has 2 aromatic heterocycles. The van der Waals surface area contributed by atoms with Gasteiger partial charge in [-0.2, -0.15) is 4.73 Å². The Labute approximate surface area is 106 Å². The molecule has 0 atom stereocenters. The Kier molecular flexibility index (Phi) is 2.31. The van der Waals surface area contributed by atoms with Gasteiger partial charge < -0.3 is 14.9 Å². The first kappa shape index (κ1) is 11.3. The van der Waals surface area contributed by atoms with E-state index in [0.29, 0.717) is 15.6 Å². The Balaban J connectivity index is 2.56. The minimum absolute atomic E-state index is 0.210. The first-order chi connectivity index (χ1) is 9.13. The molecular formula is C13H10N2O4. The van der Waals surface area contributed by atoms with Crippen molar-refractivity contribution in [2.75, 3.05) is 7.11 Å². The molecule has 0 unspecified atom stereocenters. The van der Waals surface area contributed by atoms with Crippen LogP contribution in [0.1, 0.15) is 10.4 Å². The van der Waals surface area contributed by atoms with Gasteiger partial charge in [0, 0.05) is 16.3 Å². The molecule has 0 amide bonds. The fraction of sp³-hybridized carbons (Fsp3) is 0.0769. The maximum atomic E-state index is 11.9. The van der Waals surface area contributed by atoms with Crippen LogP contribution < -0.4 is 5.56 Å². The van der Waals surface area contributed by atoms with E-state index < -0.39 is 11.5 Å². The molecule has 2 N–H and O–H groups in total. The Morgan fingerprint density at radius 2 is 2.05 bits per heavy atom. The summed E-state index contributed by atoms with van der Waals surface area (Å²) < 4.78 is 4.99. The lowest BCUT2D eigenvalue weighted by Crippen LogP contribution is -2.25. The summed E-state index contributed by atoms with van der Waals surface area (Å²) in [4.78, 5) is 26.6. The Morgan fingerprint density at radius 3 is 2.79 bits per heavy atom. The number of carbonyl (C=O) groups is 1. The number of aromatic amines is 1. The quantitative estimate of drug-likeness (QED) is 0.512. The maximum Gasteiger partial charge on any atom is 0.345 e. The van der Waals surface area contributed by atoms with Crippen LogP contribution in [0.2, 0.25) is 0 Å². The number of H-pyrrole nitrogens is 1. The number of ether oxygens (including phenoxy) is 1. The van der Waals surface area contributed by atoms with Crippen molar-refractivity contribution in [3.8, 4) is 0 Å². The zero-order valence-electron chi connectivity index (χ0n) is 10.0. The van der Waals surface area contributed by atoms with E-state index in [1.54, 1.807) is 0 Å². The lowest BCUT2D eigenvalue weighted by molar-refractivity contribution is 0.0594. The van der Waals surface area contributed by atoms with E-state index in [1.165, 1.54) is 13.3 Å². The largest absolute Gasteiger partial charge is 0.465 e. The molecule has 0 aliphatic heterocycles. The second-order valence-electron chi connectivity index (χ2n) is 4.10. The van der Waals surface area contributed by atoms with Crippen molar-refractivity contribution in [1.82, 2.24) is 9.71 Å². The number of hydrogen-bond donors (Lipinski definition) is 2. The molecule has 3 aromatic rings. The fourth-order valence-corrected chi connectivity index (χ4v) is 2.19. The van der Waals surface area contributed by atoms with Crippen LogP contribution in [0.5, 0.6) is 0 Å². The molecule has 0 bridgehead atoms. The van der Waals surface area contributed by atoms with E-state index in [-0.39, 0.29) is 5.56 Å². The monoisotopic (exact) mass is 258 g/mol. The van der Waals surface area contributed by atoms with Crippen molar-refractivity contribution in [1.29, 1.82) is 0 Å². The van der Waals surface area contributed by atoms with E-state index in [4.69, 9.17) is 0 Å². The second-order valence-corrected chi connectivity index (χ2v) is 4.10. The van der Waals surface area contributed by atoms with E-state index in [0.717, 1.165) is 10.9 Å². The van der Waals surface area contributed by atoms with Crippen molar-refractivity contribution in [2.45, 2.75) is 0 Å². The zero-order chi connectivity index (χ0) is 13.6. The zero-order valence-corrected chi connectivity index (χ0v) is 10.0. The van der Waals surface area contributed by atoms with Gasteiger partial charge in [0.15, 0.2) is 5.56 Å². The minimum atomic E-state index is -0.814. The standard InChI is InChI=1S/C13H10N2O4/c1-19-13(17)10-11-8(6-15(18)12(10)16)7-4-2-3-5-9(7)14-11/h2-6,14,18H,1H3. The van der Waals surface area contributed by atoms with Crippen LogP contribution in [0.25, 0.3) is 21.8 Å². The van der Waals surface area contributed by atoms with Crippen molar-refractivity contribution < 1.29 is 14.7 Å². The van der Waals surface area contributed by atoms with Crippen molar-refractivity contribution in [3.63, 3.8) is 0 Å². The second kappa shape index (κ2) is 3.88. The molecule has 19 heavy (non-hydrogen) atoms. The molecule has 0 fully saturated rings. The van der Waals surface area contributed by atoms with E-state index in [1.807, 2.05) is 24.3 Å². The molecule has 6 nitrogen and oxygen atoms in total. The summed E-state index contributed by atoms with van der Waals surface area (Å²) in [5.74, 6) is -0.787. The first-order valence-electron chi connectivity index (χ1n) is 5.57. The smallest absolute Gasteiger partial charge is 0.345 e. The molecule has 0 aliphatic rings. The summed E-state index contributed by atoms with van der Waals surface area (Å²) >= 11 is 0. The number of rotatable bonds is 1. The average Bonchev–Trinajstić information content (AvgIpc) is 2.77. The normalized spacial score (nSPS) is 11.0. The first-order valence-corrected chi connectivity index (χ1v) is 5.57. The van der Waals surface area contributed by atoms with Gasteiger partial charge in [0.05, 0.1) is 18.8 Å². The molecule has 0 radical (unpaired) electrons. The molecule has 1 aromatic carbocycles. The number of aromatic nitrogens is 2. The van der Waals surface area contributed by atoms with E-state index >= 15 is 0 Å². The predicted octanol–water partition coefficient (Wildman–Crippen LogP) is 1.51. The Hall–Kier alpha value is -2.76.